The van der Waals surface area contributed by atoms with Crippen molar-refractivity contribution in [1.82, 2.24) is 9.97 Å². The molecule has 2 aromatic heterocycles. The normalized spacial score (nSPS) is 10.3. The fraction of sp³-hybridized carbons (Fsp3) is 0.172. The Bertz CT molecular complexity index is 1370. The molecule has 8 heteroatoms. The molecule has 5 aromatic rings. The molecular formula is C29H26N2Na2O2S2. The number of aromatic nitrogens is 2. The number of hydrogen-bond acceptors (Lipinski definition) is 6. The molecule has 37 heavy (non-hydrogen) atoms. The molecule has 3 aromatic carbocycles. The molecule has 0 aliphatic carbocycles. The Morgan fingerprint density at radius 3 is 1.22 bits per heavy atom. The smallest absolute Gasteiger partial charge is 0.795 e. The van der Waals surface area contributed by atoms with E-state index in [9.17, 15) is 9.11 Å². The Hall–Kier alpha value is -0.900. The van der Waals surface area contributed by atoms with Crippen LogP contribution >= 0.6 is 24.1 Å². The van der Waals surface area contributed by atoms with Crippen molar-refractivity contribution in [2.75, 3.05) is 0 Å². The van der Waals surface area contributed by atoms with Gasteiger partial charge in [0.05, 0.1) is 22.4 Å². The van der Waals surface area contributed by atoms with Crippen molar-refractivity contribution >= 4 is 45.9 Å². The van der Waals surface area contributed by atoms with Crippen molar-refractivity contribution < 1.29 is 68.2 Å². The molecular weight excluding hydrogens is 518 g/mol. The van der Waals surface area contributed by atoms with Crippen molar-refractivity contribution in [3.05, 3.63) is 84.2 Å². The minimum absolute atomic E-state index is 0. The second-order valence-corrected chi connectivity index (χ2v) is 9.42. The van der Waals surface area contributed by atoms with E-state index in [0.717, 1.165) is 44.1 Å². The summed E-state index contributed by atoms with van der Waals surface area (Å²) in [4.78, 5) is 10.9. The monoisotopic (exact) mass is 544 g/mol. The van der Waals surface area contributed by atoms with Crippen molar-refractivity contribution in [3.8, 4) is 22.3 Å². The molecule has 4 nitrogen and oxygen atoms in total. The summed E-state index contributed by atoms with van der Waals surface area (Å²) >= 11 is 0.938. The van der Waals surface area contributed by atoms with Gasteiger partial charge < -0.3 is 9.11 Å². The van der Waals surface area contributed by atoms with Crippen molar-refractivity contribution in [3.63, 3.8) is 0 Å². The van der Waals surface area contributed by atoms with Crippen molar-refractivity contribution in [1.29, 1.82) is 0 Å². The molecule has 5 rings (SSSR count). The van der Waals surface area contributed by atoms with Crippen LogP contribution in [-0.4, -0.2) is 19.1 Å². The van der Waals surface area contributed by atoms with E-state index in [0.29, 0.717) is 45.3 Å². The Morgan fingerprint density at radius 2 is 0.919 bits per heavy atom. The largest absolute Gasteiger partial charge is 1.00 e. The predicted molar refractivity (Wildman–Crippen MR) is 147 cm³/mol. The molecule has 0 aliphatic heterocycles. The van der Waals surface area contributed by atoms with Gasteiger partial charge in [-0.05, 0) is 25.0 Å². The molecule has 0 amide bonds. The topological polar surface area (TPSA) is 71.9 Å². The van der Waals surface area contributed by atoms with Crippen LogP contribution in [0.3, 0.4) is 0 Å². The summed E-state index contributed by atoms with van der Waals surface area (Å²) < 4.78 is 24.1. The minimum Gasteiger partial charge on any atom is -0.795 e. The molecule has 0 aliphatic rings. The zero-order valence-corrected chi connectivity index (χ0v) is 27.8. The van der Waals surface area contributed by atoms with E-state index in [1.165, 1.54) is 6.42 Å². The molecule has 0 N–H and O–H groups in total. The Balaban J connectivity index is 0.000000919. The molecule has 2 heterocycles. The molecule has 0 unspecified atom stereocenters. The zero-order chi connectivity index (χ0) is 24.9. The number of fused-ring (bicyclic) bond motifs is 3. The van der Waals surface area contributed by atoms with Gasteiger partial charge in [0.2, 0.25) is 0 Å². The summed E-state index contributed by atoms with van der Waals surface area (Å²) in [5, 5.41) is 1.75. The molecule has 178 valence electrons. The second-order valence-electron chi connectivity index (χ2n) is 8.27. The summed E-state index contributed by atoms with van der Waals surface area (Å²) in [6.07, 6.45) is 1.25. The van der Waals surface area contributed by atoms with Gasteiger partial charge in [-0.3, -0.25) is 0 Å². The van der Waals surface area contributed by atoms with Gasteiger partial charge in [0.25, 0.3) is 0 Å². The average molecular weight is 545 g/mol. The van der Waals surface area contributed by atoms with Gasteiger partial charge in [0.15, 0.2) is 0 Å². The molecule has 0 fully saturated rings. The quantitative estimate of drug-likeness (QED) is 0.197. The van der Waals surface area contributed by atoms with Gasteiger partial charge >= 0.3 is 59.1 Å². The minimum atomic E-state index is 0. The van der Waals surface area contributed by atoms with Crippen LogP contribution in [0.4, 0.5) is 0 Å². The van der Waals surface area contributed by atoms with Gasteiger partial charge in [0.1, 0.15) is 0 Å². The third kappa shape index (κ3) is 6.64. The molecule has 0 spiro atoms. The Labute approximate surface area is 271 Å². The fourth-order valence-electron chi connectivity index (χ4n) is 4.24. The van der Waals surface area contributed by atoms with E-state index in [2.05, 4.69) is 13.8 Å². The van der Waals surface area contributed by atoms with Crippen LogP contribution < -0.4 is 59.1 Å². The molecule has 0 bridgehead atoms. The first-order valence-electron chi connectivity index (χ1n) is 11.5. The van der Waals surface area contributed by atoms with Gasteiger partial charge in [-0.15, -0.1) is 0 Å². The van der Waals surface area contributed by atoms with E-state index in [4.69, 9.17) is 9.97 Å². The van der Waals surface area contributed by atoms with Crippen LogP contribution in [0.1, 0.15) is 31.7 Å². The maximum absolute atomic E-state index is 12.1. The van der Waals surface area contributed by atoms with Gasteiger partial charge in [-0.25, -0.2) is 34.1 Å². The first-order valence-corrected chi connectivity index (χ1v) is 13.0. The number of aryl methyl sites for hydroxylation is 2. The van der Waals surface area contributed by atoms with Crippen molar-refractivity contribution in [2.24, 2.45) is 0 Å². The Kier molecular flexibility index (Phi) is 13.1. The van der Waals surface area contributed by atoms with E-state index >= 15 is 0 Å². The number of nitrogens with zero attached hydrogens (tertiary/aromatic N) is 2. The maximum atomic E-state index is 12.1. The molecule has 0 atom stereocenters. The molecule has 0 saturated heterocycles. The third-order valence-corrected chi connectivity index (χ3v) is 6.98. The molecule has 0 radical (unpaired) electrons. The fourth-order valence-corrected chi connectivity index (χ4v) is 5.19. The van der Waals surface area contributed by atoms with E-state index in [1.807, 2.05) is 86.6 Å². The van der Waals surface area contributed by atoms with Crippen LogP contribution in [0.15, 0.2) is 82.6 Å². The van der Waals surface area contributed by atoms with Crippen LogP contribution in [0.25, 0.3) is 44.1 Å². The van der Waals surface area contributed by atoms with Gasteiger partial charge in [-0.1, -0.05) is 93.1 Å². The number of benzene rings is 3. The Morgan fingerprint density at radius 1 is 0.595 bits per heavy atom. The third-order valence-electron chi connectivity index (χ3n) is 5.65. The van der Waals surface area contributed by atoms with Gasteiger partial charge in [-0.2, -0.15) is 0 Å². The maximum Gasteiger partial charge on any atom is 1.00 e. The number of pyridine rings is 2. The van der Waals surface area contributed by atoms with Crippen LogP contribution in [0, 0.1) is 13.8 Å². The number of rotatable bonds is 4. The first kappa shape index (κ1) is 32.3. The van der Waals surface area contributed by atoms with Crippen molar-refractivity contribution in [2.45, 2.75) is 43.9 Å². The summed E-state index contributed by atoms with van der Waals surface area (Å²) in [7, 11) is 0. The summed E-state index contributed by atoms with van der Waals surface area (Å²) in [6, 6.07) is 23.8. The number of hydrogen-bond donors (Lipinski definition) is 0. The van der Waals surface area contributed by atoms with Gasteiger partial charge in [0, 0.05) is 31.7 Å². The predicted octanol–water partition coefficient (Wildman–Crippen LogP) is 2.60. The summed E-state index contributed by atoms with van der Waals surface area (Å²) in [5.74, 6) is 0. The molecule has 0 saturated carbocycles. The zero-order valence-electron chi connectivity index (χ0n) is 22.2. The SMILES string of the molecule is CCC.Cc1nc2c(ccc3c(-c4ccccc4)c(S[O-])c(C)nc32)c(-c2ccccc2)c1S[O-].[Na+].[Na+]. The summed E-state index contributed by atoms with van der Waals surface area (Å²) in [5.41, 5.74) is 6.49. The van der Waals surface area contributed by atoms with Crippen LogP contribution in [-0.2, 0) is 0 Å². The average Bonchev–Trinajstić information content (AvgIpc) is 2.88. The van der Waals surface area contributed by atoms with Crippen LogP contribution in [0.2, 0.25) is 0 Å². The standard InChI is InChI=1S/C26H20N2O2S2.C3H8.2Na/c1-15-25(31-29)21(17-9-5-3-6-10-17)19-13-14-20-22(18-11-7-4-8-12-18)26(32-30)16(2)28-24(20)23(19)27-15;1-3-2;;/h3-14,29-30H,1-2H3;3H2,1-2H3;;/q;;2*+1/p-2. The first-order chi connectivity index (χ1) is 17.0. The second kappa shape index (κ2) is 15.0. The van der Waals surface area contributed by atoms with E-state index in [-0.39, 0.29) is 59.1 Å². The van der Waals surface area contributed by atoms with E-state index < -0.39 is 0 Å². The van der Waals surface area contributed by atoms with E-state index in [1.54, 1.807) is 0 Å². The summed E-state index contributed by atoms with van der Waals surface area (Å²) in [6.45, 7) is 7.97. The van der Waals surface area contributed by atoms with Crippen LogP contribution in [0.5, 0.6) is 0 Å².